The van der Waals surface area contributed by atoms with Crippen LogP contribution in [0.15, 0.2) is 5.38 Å². The van der Waals surface area contributed by atoms with Gasteiger partial charge in [0.15, 0.2) is 0 Å². The number of carbonyl (C=O) groups excluding carboxylic acids is 1. The SMILES string of the molecule is CNCC(C)C(=O)NCc1nc(C)cs1.Cl.Cl. The number of amides is 1. The fraction of sp³-hybridized carbons (Fsp3) is 0.600. The van der Waals surface area contributed by atoms with E-state index in [0.29, 0.717) is 13.1 Å². The Bertz CT molecular complexity index is 333. The molecule has 1 atom stereocenters. The van der Waals surface area contributed by atoms with Crippen molar-refractivity contribution in [2.24, 2.45) is 5.92 Å². The summed E-state index contributed by atoms with van der Waals surface area (Å²) in [5.41, 5.74) is 1.01. The Labute approximate surface area is 118 Å². The molecule has 0 saturated heterocycles. The van der Waals surface area contributed by atoms with E-state index in [4.69, 9.17) is 0 Å². The number of thiazole rings is 1. The van der Waals surface area contributed by atoms with Crippen LogP contribution in [0.2, 0.25) is 0 Å². The van der Waals surface area contributed by atoms with Crippen molar-refractivity contribution in [3.05, 3.63) is 16.1 Å². The fourth-order valence-electron chi connectivity index (χ4n) is 1.22. The number of aryl methyl sites for hydroxylation is 1. The summed E-state index contributed by atoms with van der Waals surface area (Å²) in [6.07, 6.45) is 0. The van der Waals surface area contributed by atoms with Crippen molar-refractivity contribution in [3.8, 4) is 0 Å². The Balaban J connectivity index is 0. The summed E-state index contributed by atoms with van der Waals surface area (Å²) in [4.78, 5) is 15.8. The minimum absolute atomic E-state index is 0. The van der Waals surface area contributed by atoms with Crippen molar-refractivity contribution in [2.45, 2.75) is 20.4 Å². The Morgan fingerprint density at radius 2 is 2.18 bits per heavy atom. The lowest BCUT2D eigenvalue weighted by Gasteiger charge is -2.10. The van der Waals surface area contributed by atoms with Gasteiger partial charge in [-0.25, -0.2) is 4.98 Å². The molecule has 1 heterocycles. The minimum Gasteiger partial charge on any atom is -0.349 e. The van der Waals surface area contributed by atoms with Crippen molar-refractivity contribution in [3.63, 3.8) is 0 Å². The van der Waals surface area contributed by atoms with E-state index < -0.39 is 0 Å². The first-order valence-corrected chi connectivity index (χ1v) is 5.84. The summed E-state index contributed by atoms with van der Waals surface area (Å²) in [7, 11) is 1.84. The van der Waals surface area contributed by atoms with Crippen LogP contribution in [0.4, 0.5) is 0 Å². The van der Waals surface area contributed by atoms with Crippen molar-refractivity contribution in [2.75, 3.05) is 13.6 Å². The number of hydrogen-bond acceptors (Lipinski definition) is 4. The first kappa shape index (κ1) is 19.0. The normalized spacial score (nSPS) is 11.0. The van der Waals surface area contributed by atoms with Crippen LogP contribution in [0, 0.1) is 12.8 Å². The maximum Gasteiger partial charge on any atom is 0.224 e. The van der Waals surface area contributed by atoms with Crippen molar-refractivity contribution in [1.29, 1.82) is 0 Å². The number of aromatic nitrogens is 1. The van der Waals surface area contributed by atoms with Gasteiger partial charge in [-0.15, -0.1) is 36.2 Å². The molecule has 0 spiro atoms. The van der Waals surface area contributed by atoms with E-state index in [1.807, 2.05) is 26.3 Å². The van der Waals surface area contributed by atoms with Crippen molar-refractivity contribution in [1.82, 2.24) is 15.6 Å². The number of hydrogen-bond donors (Lipinski definition) is 2. The third-order valence-corrected chi connectivity index (χ3v) is 3.00. The Hall–Kier alpha value is -0.360. The quantitative estimate of drug-likeness (QED) is 0.871. The van der Waals surface area contributed by atoms with Crippen LogP contribution in [-0.4, -0.2) is 24.5 Å². The summed E-state index contributed by atoms with van der Waals surface area (Å²) in [5, 5.41) is 8.78. The highest BCUT2D eigenvalue weighted by Crippen LogP contribution is 2.08. The number of nitrogens with one attached hydrogen (secondary N) is 2. The Kier molecular flexibility index (Phi) is 10.8. The highest BCUT2D eigenvalue weighted by molar-refractivity contribution is 7.09. The van der Waals surface area contributed by atoms with Gasteiger partial charge in [0.05, 0.1) is 6.54 Å². The largest absolute Gasteiger partial charge is 0.349 e. The highest BCUT2D eigenvalue weighted by atomic mass is 35.5. The van der Waals surface area contributed by atoms with Gasteiger partial charge in [-0.2, -0.15) is 0 Å². The van der Waals surface area contributed by atoms with Crippen LogP contribution in [-0.2, 0) is 11.3 Å². The molecule has 7 heteroatoms. The molecule has 0 aliphatic carbocycles. The second kappa shape index (κ2) is 9.65. The molecule has 4 nitrogen and oxygen atoms in total. The molecule has 0 bridgehead atoms. The van der Waals surface area contributed by atoms with Crippen LogP contribution in [0.5, 0.6) is 0 Å². The highest BCUT2D eigenvalue weighted by Gasteiger charge is 2.11. The monoisotopic (exact) mass is 299 g/mol. The molecule has 0 aliphatic rings. The second-order valence-corrected chi connectivity index (χ2v) is 4.50. The van der Waals surface area contributed by atoms with Crippen LogP contribution in [0.3, 0.4) is 0 Å². The number of carbonyl (C=O) groups is 1. The average Bonchev–Trinajstić information content (AvgIpc) is 2.61. The van der Waals surface area contributed by atoms with Crippen LogP contribution in [0.25, 0.3) is 0 Å². The van der Waals surface area contributed by atoms with Gasteiger partial charge < -0.3 is 10.6 Å². The van der Waals surface area contributed by atoms with E-state index in [1.54, 1.807) is 11.3 Å². The van der Waals surface area contributed by atoms with Gasteiger partial charge in [-0.1, -0.05) is 6.92 Å². The topological polar surface area (TPSA) is 54.0 Å². The predicted molar refractivity (Wildman–Crippen MR) is 76.3 cm³/mol. The number of rotatable bonds is 5. The molecule has 1 aromatic rings. The van der Waals surface area contributed by atoms with Crippen molar-refractivity contribution >= 4 is 42.1 Å². The van der Waals surface area contributed by atoms with E-state index in [9.17, 15) is 4.79 Å². The van der Waals surface area contributed by atoms with Gasteiger partial charge in [0.1, 0.15) is 5.01 Å². The zero-order chi connectivity index (χ0) is 11.3. The first-order valence-electron chi connectivity index (χ1n) is 4.96. The van der Waals surface area contributed by atoms with Crippen LogP contribution >= 0.6 is 36.2 Å². The van der Waals surface area contributed by atoms with Gasteiger partial charge in [-0.3, -0.25) is 4.79 Å². The molecule has 0 aliphatic heterocycles. The van der Waals surface area contributed by atoms with Gasteiger partial charge >= 0.3 is 0 Å². The first-order chi connectivity index (χ1) is 7.13. The van der Waals surface area contributed by atoms with E-state index in [1.165, 1.54) is 0 Å². The Morgan fingerprint density at radius 3 is 2.65 bits per heavy atom. The summed E-state index contributed by atoms with van der Waals surface area (Å²) in [6, 6.07) is 0. The van der Waals surface area contributed by atoms with E-state index in [2.05, 4.69) is 15.6 Å². The van der Waals surface area contributed by atoms with E-state index in [-0.39, 0.29) is 36.6 Å². The molecule has 1 aromatic heterocycles. The molecule has 0 aromatic carbocycles. The van der Waals surface area contributed by atoms with E-state index in [0.717, 1.165) is 10.7 Å². The molecule has 1 rings (SSSR count). The lowest BCUT2D eigenvalue weighted by atomic mass is 10.1. The second-order valence-electron chi connectivity index (χ2n) is 3.56. The Morgan fingerprint density at radius 1 is 1.53 bits per heavy atom. The smallest absolute Gasteiger partial charge is 0.224 e. The molecule has 17 heavy (non-hydrogen) atoms. The van der Waals surface area contributed by atoms with Crippen LogP contribution < -0.4 is 10.6 Å². The standard InChI is InChI=1S/C10H17N3OS.2ClH/c1-7(4-11-3)10(14)12-5-9-13-8(2)6-15-9;;/h6-7,11H,4-5H2,1-3H3,(H,12,14);2*1H. The van der Waals surface area contributed by atoms with Gasteiger partial charge in [-0.05, 0) is 14.0 Å². The summed E-state index contributed by atoms with van der Waals surface area (Å²) in [6.45, 7) is 5.08. The van der Waals surface area contributed by atoms with Gasteiger partial charge in [0.2, 0.25) is 5.91 Å². The number of nitrogens with zero attached hydrogens (tertiary/aromatic N) is 1. The lowest BCUT2D eigenvalue weighted by molar-refractivity contribution is -0.124. The zero-order valence-corrected chi connectivity index (χ0v) is 12.6. The zero-order valence-electron chi connectivity index (χ0n) is 10.1. The molecule has 100 valence electrons. The van der Waals surface area contributed by atoms with Gasteiger partial charge in [0, 0.05) is 23.5 Å². The molecule has 0 saturated carbocycles. The van der Waals surface area contributed by atoms with E-state index >= 15 is 0 Å². The molecule has 1 amide bonds. The maximum atomic E-state index is 11.5. The minimum atomic E-state index is -0.00365. The average molecular weight is 300 g/mol. The molecule has 0 radical (unpaired) electrons. The third-order valence-electron chi connectivity index (χ3n) is 2.04. The molecular weight excluding hydrogens is 281 g/mol. The predicted octanol–water partition coefficient (Wildman–Crippen LogP) is 1.77. The summed E-state index contributed by atoms with van der Waals surface area (Å²) < 4.78 is 0. The van der Waals surface area contributed by atoms with Gasteiger partial charge in [0.25, 0.3) is 0 Å². The summed E-state index contributed by atoms with van der Waals surface area (Å²) in [5.74, 6) is 0.0632. The lowest BCUT2D eigenvalue weighted by Crippen LogP contribution is -2.33. The fourth-order valence-corrected chi connectivity index (χ4v) is 1.93. The third kappa shape index (κ3) is 6.83. The number of halogens is 2. The molecule has 0 fully saturated rings. The maximum absolute atomic E-state index is 11.5. The molecule has 2 N–H and O–H groups in total. The molecular formula is C10H19Cl2N3OS. The van der Waals surface area contributed by atoms with Crippen molar-refractivity contribution < 1.29 is 4.79 Å². The summed E-state index contributed by atoms with van der Waals surface area (Å²) >= 11 is 1.58. The van der Waals surface area contributed by atoms with Crippen LogP contribution in [0.1, 0.15) is 17.6 Å². The molecule has 1 unspecified atom stereocenters.